The Kier molecular flexibility index (Phi) is 6.74. The Morgan fingerprint density at radius 2 is 2.07 bits per heavy atom. The fraction of sp³-hybridized carbons (Fsp3) is 0.318. The number of rotatable bonds is 7. The predicted molar refractivity (Wildman–Crippen MR) is 114 cm³/mol. The summed E-state index contributed by atoms with van der Waals surface area (Å²) in [6.07, 6.45) is 3.90. The van der Waals surface area contributed by atoms with Crippen LogP contribution in [0.3, 0.4) is 0 Å². The highest BCUT2D eigenvalue weighted by molar-refractivity contribution is 6.46. The van der Waals surface area contributed by atoms with Gasteiger partial charge in [-0.15, -0.1) is 0 Å². The van der Waals surface area contributed by atoms with Gasteiger partial charge in [0.1, 0.15) is 11.5 Å². The molecule has 1 amide bonds. The van der Waals surface area contributed by atoms with Crippen LogP contribution in [-0.2, 0) is 9.59 Å². The van der Waals surface area contributed by atoms with E-state index in [4.69, 9.17) is 16.3 Å². The van der Waals surface area contributed by atoms with Gasteiger partial charge >= 0.3 is 0 Å². The summed E-state index contributed by atoms with van der Waals surface area (Å²) in [6.45, 7) is 1.14. The van der Waals surface area contributed by atoms with Crippen molar-refractivity contribution in [3.63, 3.8) is 0 Å². The van der Waals surface area contributed by atoms with Crippen LogP contribution in [0.15, 0.2) is 48.3 Å². The quantitative estimate of drug-likeness (QED) is 0.413. The smallest absolute Gasteiger partial charge is 0.295 e. The average Bonchev–Trinajstić information content (AvgIpc) is 2.98. The Balaban J connectivity index is 2.08. The topological polar surface area (TPSA) is 83.0 Å². The van der Waals surface area contributed by atoms with Crippen LogP contribution in [0.5, 0.6) is 5.75 Å². The minimum Gasteiger partial charge on any atom is -0.507 e. The molecule has 0 saturated carbocycles. The van der Waals surface area contributed by atoms with Gasteiger partial charge in [0.15, 0.2) is 0 Å². The fourth-order valence-electron chi connectivity index (χ4n) is 3.52. The van der Waals surface area contributed by atoms with Crippen LogP contribution in [0.4, 0.5) is 0 Å². The summed E-state index contributed by atoms with van der Waals surface area (Å²) in [7, 11) is 5.38. The number of ether oxygens (including phenoxy) is 1. The maximum absolute atomic E-state index is 12.9. The van der Waals surface area contributed by atoms with Gasteiger partial charge in [-0.3, -0.25) is 14.6 Å². The molecule has 0 spiro atoms. The van der Waals surface area contributed by atoms with Gasteiger partial charge in [-0.2, -0.15) is 0 Å². The average molecular weight is 430 g/mol. The van der Waals surface area contributed by atoms with E-state index in [1.54, 1.807) is 36.7 Å². The molecule has 0 unspecified atom stereocenters. The van der Waals surface area contributed by atoms with E-state index in [1.165, 1.54) is 18.1 Å². The lowest BCUT2D eigenvalue weighted by atomic mass is 9.96. The van der Waals surface area contributed by atoms with Gasteiger partial charge in [0.25, 0.3) is 11.7 Å². The van der Waals surface area contributed by atoms with Gasteiger partial charge in [-0.25, -0.2) is 0 Å². The van der Waals surface area contributed by atoms with Crippen LogP contribution in [0.1, 0.15) is 23.6 Å². The zero-order chi connectivity index (χ0) is 21.8. The van der Waals surface area contributed by atoms with Gasteiger partial charge < -0.3 is 19.6 Å². The van der Waals surface area contributed by atoms with Crippen molar-refractivity contribution in [2.75, 3.05) is 34.3 Å². The van der Waals surface area contributed by atoms with Crippen LogP contribution in [0.25, 0.3) is 5.76 Å². The molecule has 1 aromatic heterocycles. The van der Waals surface area contributed by atoms with E-state index in [-0.39, 0.29) is 11.3 Å². The summed E-state index contributed by atoms with van der Waals surface area (Å²) in [5.74, 6) is -1.19. The van der Waals surface area contributed by atoms with E-state index in [0.717, 1.165) is 6.54 Å². The largest absolute Gasteiger partial charge is 0.507 e. The Bertz CT molecular complexity index is 976. The Morgan fingerprint density at radius 3 is 2.67 bits per heavy atom. The number of amides is 1. The van der Waals surface area contributed by atoms with E-state index in [0.29, 0.717) is 34.9 Å². The van der Waals surface area contributed by atoms with Gasteiger partial charge in [0.05, 0.1) is 23.7 Å². The zero-order valence-corrected chi connectivity index (χ0v) is 17.9. The number of aliphatic hydroxyl groups is 1. The van der Waals surface area contributed by atoms with Crippen molar-refractivity contribution in [3.05, 3.63) is 64.4 Å². The maximum atomic E-state index is 12.9. The second-order valence-electron chi connectivity index (χ2n) is 7.29. The summed E-state index contributed by atoms with van der Waals surface area (Å²) in [5.41, 5.74) is 1.02. The lowest BCUT2D eigenvalue weighted by Gasteiger charge is -2.25. The van der Waals surface area contributed by atoms with Crippen molar-refractivity contribution >= 4 is 29.1 Å². The molecule has 1 aromatic carbocycles. The maximum Gasteiger partial charge on any atom is 0.295 e. The second-order valence-corrected chi connectivity index (χ2v) is 7.69. The normalized spacial score (nSPS) is 18.3. The minimum atomic E-state index is -0.724. The Hall–Kier alpha value is -2.90. The first-order valence-corrected chi connectivity index (χ1v) is 9.90. The summed E-state index contributed by atoms with van der Waals surface area (Å²) in [4.78, 5) is 33.4. The van der Waals surface area contributed by atoms with Crippen molar-refractivity contribution in [2.45, 2.75) is 12.5 Å². The molecule has 1 atom stereocenters. The summed E-state index contributed by atoms with van der Waals surface area (Å²) in [5, 5.41) is 11.3. The van der Waals surface area contributed by atoms with Gasteiger partial charge in [0.2, 0.25) is 0 Å². The van der Waals surface area contributed by atoms with Crippen molar-refractivity contribution < 1.29 is 19.4 Å². The number of methoxy groups -OCH3 is 1. The number of hydrogen-bond donors (Lipinski definition) is 1. The number of nitrogens with zero attached hydrogens (tertiary/aromatic N) is 3. The number of ketones is 1. The fourth-order valence-corrected chi connectivity index (χ4v) is 3.78. The van der Waals surface area contributed by atoms with E-state index in [9.17, 15) is 14.7 Å². The number of hydrogen-bond acceptors (Lipinski definition) is 6. The van der Waals surface area contributed by atoms with E-state index >= 15 is 0 Å². The third-order valence-corrected chi connectivity index (χ3v) is 5.27. The van der Waals surface area contributed by atoms with Crippen molar-refractivity contribution in [2.24, 2.45) is 0 Å². The number of benzene rings is 1. The van der Waals surface area contributed by atoms with E-state index < -0.39 is 17.7 Å². The molecule has 2 aromatic rings. The highest BCUT2D eigenvalue weighted by Crippen LogP contribution is 2.40. The number of likely N-dealkylation sites (tertiary alicyclic amines) is 1. The van der Waals surface area contributed by atoms with Crippen molar-refractivity contribution in [3.8, 4) is 5.75 Å². The van der Waals surface area contributed by atoms with Crippen LogP contribution in [-0.4, -0.2) is 65.9 Å². The highest BCUT2D eigenvalue weighted by Gasteiger charge is 2.45. The molecule has 7 nitrogen and oxygen atoms in total. The van der Waals surface area contributed by atoms with Gasteiger partial charge in [0, 0.05) is 24.5 Å². The number of Topliss-reactive ketones (excluding diaryl/α,β-unsaturated/α-hetero) is 1. The second kappa shape index (κ2) is 9.28. The molecule has 1 aliphatic rings. The van der Waals surface area contributed by atoms with Gasteiger partial charge in [-0.05, 0) is 56.9 Å². The number of aliphatic hydroxyl groups excluding tert-OH is 1. The monoisotopic (exact) mass is 429 g/mol. The predicted octanol–water partition coefficient (Wildman–Crippen LogP) is 3.12. The summed E-state index contributed by atoms with van der Waals surface area (Å²) in [6, 6.07) is 7.51. The van der Waals surface area contributed by atoms with Crippen LogP contribution >= 0.6 is 11.6 Å². The first-order chi connectivity index (χ1) is 14.3. The number of pyridine rings is 1. The molecule has 3 rings (SSSR count). The standard InChI is InChI=1S/C22H24ClN3O4/c1-25(2)10-5-11-26-19(15-6-4-9-24-13-15)18(21(28)22(26)29)20(27)14-7-8-17(30-3)16(23)12-14/h4,6-9,12-13,19,27H,5,10-11H2,1-3H3/t19-/m1/s1. The molecule has 30 heavy (non-hydrogen) atoms. The zero-order valence-electron chi connectivity index (χ0n) is 17.1. The molecular weight excluding hydrogens is 406 g/mol. The lowest BCUT2D eigenvalue weighted by Crippen LogP contribution is -2.32. The molecule has 0 radical (unpaired) electrons. The summed E-state index contributed by atoms with van der Waals surface area (Å²) < 4.78 is 5.14. The summed E-state index contributed by atoms with van der Waals surface area (Å²) >= 11 is 6.19. The molecule has 1 aliphatic heterocycles. The first-order valence-electron chi connectivity index (χ1n) is 9.52. The Labute approximate surface area is 180 Å². The molecule has 0 bridgehead atoms. The van der Waals surface area contributed by atoms with Crippen LogP contribution in [0.2, 0.25) is 5.02 Å². The highest BCUT2D eigenvalue weighted by atomic mass is 35.5. The SMILES string of the molecule is COc1ccc(C(O)=C2C(=O)C(=O)N(CCCN(C)C)[C@@H]2c2cccnc2)cc1Cl. The van der Waals surface area contributed by atoms with E-state index in [1.807, 2.05) is 19.0 Å². The number of halogens is 1. The molecule has 1 saturated heterocycles. The van der Waals surface area contributed by atoms with Crippen LogP contribution in [0, 0.1) is 0 Å². The third kappa shape index (κ3) is 4.32. The lowest BCUT2D eigenvalue weighted by molar-refractivity contribution is -0.139. The first kappa shape index (κ1) is 21.8. The molecule has 1 fully saturated rings. The van der Waals surface area contributed by atoms with Crippen molar-refractivity contribution in [1.29, 1.82) is 0 Å². The van der Waals surface area contributed by atoms with Crippen LogP contribution < -0.4 is 4.74 Å². The minimum absolute atomic E-state index is 0.0269. The molecule has 2 heterocycles. The molecule has 0 aliphatic carbocycles. The number of aromatic nitrogens is 1. The van der Waals surface area contributed by atoms with Gasteiger partial charge in [-0.1, -0.05) is 17.7 Å². The molecular formula is C22H24ClN3O4. The molecule has 1 N–H and O–H groups in total. The molecule has 158 valence electrons. The van der Waals surface area contributed by atoms with Crippen molar-refractivity contribution in [1.82, 2.24) is 14.8 Å². The molecule has 8 heteroatoms. The third-order valence-electron chi connectivity index (χ3n) is 4.97. The number of carbonyl (C=O) groups is 2. The Morgan fingerprint density at radius 1 is 1.30 bits per heavy atom. The number of carbonyl (C=O) groups excluding carboxylic acids is 2. The van der Waals surface area contributed by atoms with E-state index in [2.05, 4.69) is 4.98 Å².